The van der Waals surface area contributed by atoms with Crippen molar-refractivity contribution in [3.63, 3.8) is 0 Å². The Morgan fingerprint density at radius 2 is 2.18 bits per heavy atom. The van der Waals surface area contributed by atoms with Gasteiger partial charge in [0, 0.05) is 23.0 Å². The molecule has 1 aliphatic carbocycles. The Bertz CT molecular complexity index is 750. The van der Waals surface area contributed by atoms with Crippen LogP contribution in [0.4, 0.5) is 5.69 Å². The van der Waals surface area contributed by atoms with Gasteiger partial charge in [-0.2, -0.15) is 0 Å². The van der Waals surface area contributed by atoms with E-state index in [0.717, 1.165) is 24.2 Å². The molecule has 0 spiro atoms. The van der Waals surface area contributed by atoms with E-state index in [1.54, 1.807) is 24.3 Å². The Labute approximate surface area is 135 Å². The van der Waals surface area contributed by atoms with E-state index >= 15 is 0 Å². The Hall–Kier alpha value is -2.01. The molecule has 2 radical (unpaired) electrons. The first-order valence-corrected chi connectivity index (χ1v) is 7.55. The van der Waals surface area contributed by atoms with Crippen LogP contribution in [0.5, 0.6) is 5.75 Å². The van der Waals surface area contributed by atoms with Crippen LogP contribution in [0.15, 0.2) is 24.3 Å². The number of nitrogen functional groups attached to an aromatic ring is 1. The smallest absolute Gasteiger partial charge is 0.143 e. The molecule has 1 fully saturated rings. The summed E-state index contributed by atoms with van der Waals surface area (Å²) >= 11 is 5.93. The van der Waals surface area contributed by atoms with E-state index in [-0.39, 0.29) is 10.8 Å². The minimum absolute atomic E-state index is 0.0277. The lowest BCUT2D eigenvalue weighted by Crippen LogP contribution is -2.05. The number of para-hydroxylation sites is 1. The standard InChI is InChI=1S/C16H17BClN3O/c17-8-10-6-14(20)15(21(10)9-4-5-9)7-13(19)11-2-1-3-12(18)16(11)22/h1-3,6-7,9,22H,4-5,8,19-20H2/b13-7-. The fraction of sp³-hybridized carbons (Fsp3) is 0.250. The molecule has 1 heterocycles. The SMILES string of the molecule is [B]Cc1cc(N)c(/C=C(\N)c2cccc(Cl)c2O)n1C1CC1. The number of hydrogen-bond donors (Lipinski definition) is 3. The Kier molecular flexibility index (Phi) is 3.83. The van der Waals surface area contributed by atoms with Crippen molar-refractivity contribution in [2.45, 2.75) is 25.2 Å². The maximum absolute atomic E-state index is 10.0. The number of phenolic OH excluding ortho intramolecular Hbond substituents is 1. The lowest BCUT2D eigenvalue weighted by molar-refractivity contribution is 0.474. The molecule has 112 valence electrons. The highest BCUT2D eigenvalue weighted by Crippen LogP contribution is 2.40. The second-order valence-electron chi connectivity index (χ2n) is 5.52. The van der Waals surface area contributed by atoms with Gasteiger partial charge in [0.1, 0.15) is 5.75 Å². The molecule has 22 heavy (non-hydrogen) atoms. The Morgan fingerprint density at radius 3 is 2.82 bits per heavy atom. The average Bonchev–Trinajstić information content (AvgIpc) is 3.28. The molecule has 5 N–H and O–H groups in total. The second kappa shape index (κ2) is 5.65. The molecule has 1 saturated carbocycles. The van der Waals surface area contributed by atoms with Crippen LogP contribution >= 0.6 is 11.6 Å². The number of anilines is 1. The van der Waals surface area contributed by atoms with Crippen molar-refractivity contribution in [1.82, 2.24) is 4.57 Å². The zero-order valence-corrected chi connectivity index (χ0v) is 12.8. The summed E-state index contributed by atoms with van der Waals surface area (Å²) in [6.07, 6.45) is 4.43. The van der Waals surface area contributed by atoms with Crippen LogP contribution in [0, 0.1) is 0 Å². The molecular weight excluding hydrogens is 296 g/mol. The molecule has 0 amide bonds. The molecule has 0 atom stereocenters. The van der Waals surface area contributed by atoms with Crippen molar-refractivity contribution in [3.8, 4) is 5.75 Å². The maximum Gasteiger partial charge on any atom is 0.143 e. The van der Waals surface area contributed by atoms with Gasteiger partial charge in [0.05, 0.1) is 24.3 Å². The van der Waals surface area contributed by atoms with E-state index in [0.29, 0.717) is 29.3 Å². The first kappa shape index (κ1) is 14.9. The molecule has 3 rings (SSSR count). The van der Waals surface area contributed by atoms with Crippen molar-refractivity contribution in [2.75, 3.05) is 5.73 Å². The number of rotatable bonds is 4. The van der Waals surface area contributed by atoms with Gasteiger partial charge in [-0.3, -0.25) is 0 Å². The third-order valence-electron chi connectivity index (χ3n) is 3.90. The van der Waals surface area contributed by atoms with Crippen molar-refractivity contribution in [2.24, 2.45) is 5.73 Å². The summed E-state index contributed by atoms with van der Waals surface area (Å²) in [6.45, 7) is 0. The summed E-state index contributed by atoms with van der Waals surface area (Å²) in [7, 11) is 5.80. The van der Waals surface area contributed by atoms with E-state index in [1.165, 1.54) is 0 Å². The van der Waals surface area contributed by atoms with Crippen LogP contribution < -0.4 is 11.5 Å². The zero-order valence-electron chi connectivity index (χ0n) is 12.1. The van der Waals surface area contributed by atoms with E-state index < -0.39 is 0 Å². The molecule has 0 bridgehead atoms. The first-order chi connectivity index (χ1) is 10.5. The van der Waals surface area contributed by atoms with Crippen molar-refractivity contribution in [3.05, 3.63) is 46.2 Å². The highest BCUT2D eigenvalue weighted by Gasteiger charge is 2.28. The van der Waals surface area contributed by atoms with Gasteiger partial charge in [-0.1, -0.05) is 17.7 Å². The molecule has 0 saturated heterocycles. The predicted molar refractivity (Wildman–Crippen MR) is 91.7 cm³/mol. The Morgan fingerprint density at radius 1 is 1.45 bits per heavy atom. The predicted octanol–water partition coefficient (Wildman–Crippen LogP) is 2.89. The van der Waals surface area contributed by atoms with Gasteiger partial charge in [0.2, 0.25) is 0 Å². The summed E-state index contributed by atoms with van der Waals surface area (Å²) < 4.78 is 2.14. The molecule has 0 unspecified atom stereocenters. The fourth-order valence-corrected chi connectivity index (χ4v) is 2.84. The van der Waals surface area contributed by atoms with E-state index in [1.807, 2.05) is 6.07 Å². The minimum Gasteiger partial charge on any atom is -0.506 e. The third kappa shape index (κ3) is 2.57. The number of nitrogens with zero attached hydrogens (tertiary/aromatic N) is 1. The van der Waals surface area contributed by atoms with Crippen LogP contribution in [0.3, 0.4) is 0 Å². The Balaban J connectivity index is 2.08. The molecule has 2 aromatic rings. The van der Waals surface area contributed by atoms with Crippen LogP contribution in [0.2, 0.25) is 5.02 Å². The van der Waals surface area contributed by atoms with Crippen molar-refractivity contribution in [1.29, 1.82) is 0 Å². The van der Waals surface area contributed by atoms with E-state index in [4.69, 9.17) is 30.9 Å². The van der Waals surface area contributed by atoms with Gasteiger partial charge in [0.15, 0.2) is 0 Å². The summed E-state index contributed by atoms with van der Waals surface area (Å²) in [6, 6.07) is 7.39. The highest BCUT2D eigenvalue weighted by atomic mass is 35.5. The topological polar surface area (TPSA) is 77.2 Å². The van der Waals surface area contributed by atoms with Crippen LogP contribution in [0.25, 0.3) is 11.8 Å². The molecule has 6 heteroatoms. The van der Waals surface area contributed by atoms with Crippen LogP contribution in [0.1, 0.15) is 35.8 Å². The van der Waals surface area contributed by atoms with Gasteiger partial charge in [0.25, 0.3) is 0 Å². The average molecular weight is 314 g/mol. The second-order valence-corrected chi connectivity index (χ2v) is 5.92. The molecule has 0 aliphatic heterocycles. The molecule has 1 aromatic heterocycles. The van der Waals surface area contributed by atoms with Crippen molar-refractivity contribution < 1.29 is 5.11 Å². The number of aromatic hydroxyl groups is 1. The lowest BCUT2D eigenvalue weighted by Gasteiger charge is -2.11. The lowest BCUT2D eigenvalue weighted by atomic mass is 10.0. The number of phenols is 1. The number of halogens is 1. The fourth-order valence-electron chi connectivity index (χ4n) is 2.66. The zero-order chi connectivity index (χ0) is 15.9. The number of benzene rings is 1. The van der Waals surface area contributed by atoms with Gasteiger partial charge in [-0.15, -0.1) is 0 Å². The first-order valence-electron chi connectivity index (χ1n) is 7.17. The van der Waals surface area contributed by atoms with E-state index in [9.17, 15) is 5.11 Å². The number of aromatic nitrogens is 1. The van der Waals surface area contributed by atoms with E-state index in [2.05, 4.69) is 4.57 Å². The number of nitrogens with two attached hydrogens (primary N) is 2. The monoisotopic (exact) mass is 313 g/mol. The van der Waals surface area contributed by atoms with Crippen LogP contribution in [-0.4, -0.2) is 17.5 Å². The number of hydrogen-bond acceptors (Lipinski definition) is 3. The molecule has 4 nitrogen and oxygen atoms in total. The minimum atomic E-state index is -0.0277. The summed E-state index contributed by atoms with van der Waals surface area (Å²) in [4.78, 5) is 0. The third-order valence-corrected chi connectivity index (χ3v) is 4.20. The van der Waals surface area contributed by atoms with Gasteiger partial charge in [-0.25, -0.2) is 0 Å². The quantitative estimate of drug-likeness (QED) is 0.760. The summed E-state index contributed by atoms with van der Waals surface area (Å²) in [5.41, 5.74) is 15.6. The van der Waals surface area contributed by atoms with Gasteiger partial charge in [-0.05, 0) is 43.4 Å². The maximum atomic E-state index is 10.0. The van der Waals surface area contributed by atoms with Gasteiger partial charge < -0.3 is 21.1 Å². The normalized spacial score (nSPS) is 15.2. The molecule has 1 aliphatic rings. The summed E-state index contributed by atoms with van der Waals surface area (Å²) in [5, 5.41) is 10.3. The summed E-state index contributed by atoms with van der Waals surface area (Å²) in [5.74, 6) is -0.0277. The largest absolute Gasteiger partial charge is 0.506 e. The molecular formula is C16H17BClN3O. The van der Waals surface area contributed by atoms with Crippen molar-refractivity contribution >= 4 is 36.9 Å². The molecule has 1 aromatic carbocycles. The van der Waals surface area contributed by atoms with Gasteiger partial charge >= 0.3 is 0 Å². The van der Waals surface area contributed by atoms with Crippen LogP contribution in [-0.2, 0) is 6.32 Å². The highest BCUT2D eigenvalue weighted by molar-refractivity contribution is 6.32.